The fourth-order valence-corrected chi connectivity index (χ4v) is 7.29. The van der Waals surface area contributed by atoms with Gasteiger partial charge >= 0.3 is 6.09 Å². The summed E-state index contributed by atoms with van der Waals surface area (Å²) in [6.07, 6.45) is 23.7. The van der Waals surface area contributed by atoms with Gasteiger partial charge in [0.25, 0.3) is 7.82 Å². The highest BCUT2D eigenvalue weighted by Crippen LogP contribution is 2.44. The third kappa shape index (κ3) is 16.1. The highest BCUT2D eigenvalue weighted by Gasteiger charge is 2.45. The molecule has 1 aliphatic heterocycles. The summed E-state index contributed by atoms with van der Waals surface area (Å²) in [5.41, 5.74) is -0.564. The third-order valence-electron chi connectivity index (χ3n) is 9.38. The van der Waals surface area contributed by atoms with E-state index in [4.69, 9.17) is 18.5 Å². The number of hydrogen-bond acceptors (Lipinski definition) is 7. The second kappa shape index (κ2) is 21.9. The second-order valence-corrected chi connectivity index (χ2v) is 15.5. The quantitative estimate of drug-likeness (QED) is 0.0596. The van der Waals surface area contributed by atoms with E-state index >= 15 is 0 Å². The van der Waals surface area contributed by atoms with E-state index in [0.29, 0.717) is 25.9 Å². The summed E-state index contributed by atoms with van der Waals surface area (Å²) in [5.74, 6) is 0. The van der Waals surface area contributed by atoms with Crippen LogP contribution in [0.4, 0.5) is 4.79 Å². The number of aromatic nitrogens is 1. The Labute approximate surface area is 290 Å². The minimum atomic E-state index is -4.53. The molecule has 1 aliphatic rings. The van der Waals surface area contributed by atoms with E-state index in [9.17, 15) is 14.3 Å². The van der Waals surface area contributed by atoms with Crippen LogP contribution in [0, 0.1) is 0 Å². The van der Waals surface area contributed by atoms with Gasteiger partial charge in [0.2, 0.25) is 5.52 Å². The molecule has 1 saturated heterocycles. The molecule has 0 radical (unpaired) electrons. The number of fused-ring (bicyclic) bond motifs is 1. The van der Waals surface area contributed by atoms with E-state index in [-0.39, 0.29) is 19.8 Å². The number of nitrogens with one attached hydrogen (secondary N) is 1. The van der Waals surface area contributed by atoms with Gasteiger partial charge in [0.1, 0.15) is 18.8 Å². The van der Waals surface area contributed by atoms with Crippen LogP contribution in [0.2, 0.25) is 0 Å². The lowest BCUT2D eigenvalue weighted by Gasteiger charge is -2.32. The first-order chi connectivity index (χ1) is 23.1. The summed E-state index contributed by atoms with van der Waals surface area (Å²) in [7, 11) is -4.53. The molecule has 48 heavy (non-hydrogen) atoms. The first-order valence-corrected chi connectivity index (χ1v) is 20.2. The Hall–Kier alpha value is -2.03. The first-order valence-electron chi connectivity index (χ1n) is 18.7. The third-order valence-corrected chi connectivity index (χ3v) is 10.3. The van der Waals surface area contributed by atoms with Gasteiger partial charge in [-0.05, 0) is 45.2 Å². The minimum Gasteiger partial charge on any atom is -0.756 e. The van der Waals surface area contributed by atoms with Crippen molar-refractivity contribution in [2.24, 2.45) is 0 Å². The van der Waals surface area contributed by atoms with Gasteiger partial charge in [0.05, 0.1) is 12.2 Å². The fourth-order valence-electron chi connectivity index (χ4n) is 6.48. The van der Waals surface area contributed by atoms with Crippen LogP contribution in [0.5, 0.6) is 0 Å². The summed E-state index contributed by atoms with van der Waals surface area (Å²) in [6.45, 7) is 6.78. The SMILES string of the molecule is CCCCCCCCCCCCCCCCCCNC(=O)OCC1(C)CCC(C)(COP(=O)([O-])OCC[n+]2cccc3ccccc32)O1. The minimum absolute atomic E-state index is 0.0445. The predicted octanol–water partition coefficient (Wildman–Crippen LogP) is 8.94. The number of carbonyl (C=O) groups is 1. The summed E-state index contributed by atoms with van der Waals surface area (Å²) in [6, 6.07) is 11.8. The summed E-state index contributed by atoms with van der Waals surface area (Å²) >= 11 is 0. The van der Waals surface area contributed by atoms with Crippen molar-refractivity contribution in [3.05, 3.63) is 42.6 Å². The van der Waals surface area contributed by atoms with Crippen molar-refractivity contribution in [1.82, 2.24) is 5.32 Å². The molecule has 1 amide bonds. The van der Waals surface area contributed by atoms with E-state index in [0.717, 1.165) is 23.7 Å². The van der Waals surface area contributed by atoms with E-state index in [1.54, 1.807) is 0 Å². The van der Waals surface area contributed by atoms with E-state index in [1.807, 2.05) is 61.0 Å². The molecule has 9 nitrogen and oxygen atoms in total. The molecule has 3 unspecified atom stereocenters. The van der Waals surface area contributed by atoms with Gasteiger partial charge in [-0.15, -0.1) is 0 Å². The number of alkyl carbamates (subject to hydrolysis) is 1. The van der Waals surface area contributed by atoms with Crippen molar-refractivity contribution in [2.75, 3.05) is 26.4 Å². The normalized spacial score (nSPS) is 20.6. The fraction of sp³-hybridized carbons (Fsp3) is 0.737. The molecule has 2 heterocycles. The zero-order valence-corrected chi connectivity index (χ0v) is 31.0. The van der Waals surface area contributed by atoms with Gasteiger partial charge in [0, 0.05) is 24.1 Å². The average Bonchev–Trinajstić information content (AvgIpc) is 3.39. The molecule has 3 atom stereocenters. The topological polar surface area (TPSA) is 110 Å². The molecule has 3 rings (SSSR count). The highest BCUT2D eigenvalue weighted by molar-refractivity contribution is 7.45. The van der Waals surface area contributed by atoms with Crippen molar-refractivity contribution < 1.29 is 37.3 Å². The molecule has 0 spiro atoms. The monoisotopic (exact) mass is 690 g/mol. The Bertz CT molecular complexity index is 1240. The maximum atomic E-state index is 12.5. The smallest absolute Gasteiger partial charge is 0.407 e. The van der Waals surface area contributed by atoms with Gasteiger partial charge in [0.15, 0.2) is 12.7 Å². The number of pyridine rings is 1. The lowest BCUT2D eigenvalue weighted by atomic mass is 9.99. The van der Waals surface area contributed by atoms with Crippen LogP contribution in [0.25, 0.3) is 10.9 Å². The van der Waals surface area contributed by atoms with Crippen LogP contribution in [0.15, 0.2) is 42.6 Å². The highest BCUT2D eigenvalue weighted by atomic mass is 31.2. The Morgan fingerprint density at radius 2 is 1.35 bits per heavy atom. The van der Waals surface area contributed by atoms with Crippen LogP contribution < -0.4 is 14.8 Å². The molecular formula is C38H63N2O7P. The molecule has 1 aromatic heterocycles. The number of nitrogens with zero attached hydrogens (tertiary/aromatic N) is 1. The Balaban J connectivity index is 1.17. The van der Waals surface area contributed by atoms with Crippen molar-refractivity contribution >= 4 is 24.8 Å². The van der Waals surface area contributed by atoms with E-state index in [2.05, 4.69) is 12.2 Å². The Morgan fingerprint density at radius 1 is 0.812 bits per heavy atom. The average molecular weight is 691 g/mol. The van der Waals surface area contributed by atoms with Gasteiger partial charge < -0.3 is 28.7 Å². The van der Waals surface area contributed by atoms with E-state index in [1.165, 1.54) is 89.9 Å². The molecular weight excluding hydrogens is 627 g/mol. The van der Waals surface area contributed by atoms with Crippen molar-refractivity contribution in [2.45, 2.75) is 154 Å². The lowest BCUT2D eigenvalue weighted by Crippen LogP contribution is -2.40. The van der Waals surface area contributed by atoms with Crippen molar-refractivity contribution in [1.29, 1.82) is 0 Å². The molecule has 2 aromatic rings. The van der Waals surface area contributed by atoms with E-state index < -0.39 is 25.1 Å². The van der Waals surface area contributed by atoms with Gasteiger partial charge in [-0.25, -0.2) is 4.79 Å². The number of phosphoric ester groups is 1. The Morgan fingerprint density at radius 3 is 1.98 bits per heavy atom. The van der Waals surface area contributed by atoms with Crippen molar-refractivity contribution in [3.63, 3.8) is 0 Å². The van der Waals surface area contributed by atoms with Gasteiger partial charge in [-0.2, -0.15) is 4.57 Å². The molecule has 0 aliphatic carbocycles. The molecule has 0 bridgehead atoms. The number of phosphoric acid groups is 1. The van der Waals surface area contributed by atoms with Crippen LogP contribution in [-0.4, -0.2) is 43.7 Å². The lowest BCUT2D eigenvalue weighted by molar-refractivity contribution is -0.672. The number of rotatable bonds is 26. The number of benzene rings is 1. The zero-order chi connectivity index (χ0) is 34.6. The predicted molar refractivity (Wildman–Crippen MR) is 190 cm³/mol. The first kappa shape index (κ1) is 40.4. The summed E-state index contributed by atoms with van der Waals surface area (Å²) in [4.78, 5) is 24.8. The van der Waals surface area contributed by atoms with Crippen LogP contribution in [0.3, 0.4) is 0 Å². The zero-order valence-electron chi connectivity index (χ0n) is 30.1. The van der Waals surface area contributed by atoms with Crippen molar-refractivity contribution in [3.8, 4) is 0 Å². The summed E-state index contributed by atoms with van der Waals surface area (Å²) < 4.78 is 36.5. The number of unbranched alkanes of at least 4 members (excludes halogenated alkanes) is 15. The number of ether oxygens (including phenoxy) is 2. The maximum absolute atomic E-state index is 12.5. The molecule has 272 valence electrons. The number of carbonyl (C=O) groups excluding carboxylic acids is 1. The molecule has 1 N–H and O–H groups in total. The molecule has 1 fully saturated rings. The van der Waals surface area contributed by atoms with Gasteiger partial charge in [-0.1, -0.05) is 115 Å². The number of hydrogen-bond donors (Lipinski definition) is 1. The number of para-hydroxylation sites is 1. The van der Waals surface area contributed by atoms with Crippen LogP contribution >= 0.6 is 7.82 Å². The Kier molecular flexibility index (Phi) is 18.5. The molecule has 1 aromatic carbocycles. The van der Waals surface area contributed by atoms with Crippen LogP contribution in [-0.2, 0) is 29.6 Å². The maximum Gasteiger partial charge on any atom is 0.407 e. The van der Waals surface area contributed by atoms with Gasteiger partial charge in [-0.3, -0.25) is 4.57 Å². The summed E-state index contributed by atoms with van der Waals surface area (Å²) in [5, 5.41) is 3.91. The molecule has 10 heteroatoms. The second-order valence-electron chi connectivity index (χ2n) is 14.1. The van der Waals surface area contributed by atoms with Crippen LogP contribution in [0.1, 0.15) is 136 Å². The largest absolute Gasteiger partial charge is 0.756 e. The molecule has 0 saturated carbocycles. The standard InChI is InChI=1S/C38H63N2O7P/c1-4-5-6-7-8-9-10-11-12-13-14-15-16-17-18-21-28-39-36(41)44-32-37(2)26-27-38(3,47-37)33-46-48(42,43)45-31-30-40-29-22-24-34-23-19-20-25-35(34)40/h19-20,22-25,29H,4-18,21,26-28,30-33H2,1-3H3,(H-,39,41,42,43). The number of amides is 1.